The molecule has 1 aliphatic rings. The molecule has 17 heavy (non-hydrogen) atoms. The number of hydrogen-bond acceptors (Lipinski definition) is 1. The minimum Gasteiger partial charge on any atom is -0.338 e. The number of benzene rings is 1. The van der Waals surface area contributed by atoms with E-state index < -0.39 is 5.82 Å². The number of halogens is 2. The van der Waals surface area contributed by atoms with Crippen molar-refractivity contribution in [1.29, 1.82) is 0 Å². The molecule has 1 aromatic carbocycles. The summed E-state index contributed by atoms with van der Waals surface area (Å²) in [5.74, 6) is -0.133. The van der Waals surface area contributed by atoms with Crippen LogP contribution < -0.4 is 0 Å². The second kappa shape index (κ2) is 5.63. The van der Waals surface area contributed by atoms with Gasteiger partial charge in [0.15, 0.2) is 0 Å². The molecular formula is C13H15BrFNO. The Labute approximate surface area is 109 Å². The van der Waals surface area contributed by atoms with Crippen molar-refractivity contribution in [3.8, 4) is 0 Å². The highest BCUT2D eigenvalue weighted by atomic mass is 79.9. The fraction of sp³-hybridized carbons (Fsp3) is 0.462. The molecule has 1 heterocycles. The Balaban J connectivity index is 2.12. The monoisotopic (exact) mass is 299 g/mol. The van der Waals surface area contributed by atoms with Crippen LogP contribution in [-0.2, 0) is 0 Å². The largest absolute Gasteiger partial charge is 0.338 e. The van der Waals surface area contributed by atoms with Gasteiger partial charge in [-0.15, -0.1) is 0 Å². The lowest BCUT2D eigenvalue weighted by Crippen LogP contribution is -2.40. The molecule has 1 saturated heterocycles. The van der Waals surface area contributed by atoms with Gasteiger partial charge in [0.1, 0.15) is 5.82 Å². The average Bonchev–Trinajstić information content (AvgIpc) is 2.38. The summed E-state index contributed by atoms with van der Waals surface area (Å²) in [4.78, 5) is 13.9. The highest BCUT2D eigenvalue weighted by Gasteiger charge is 2.25. The highest BCUT2D eigenvalue weighted by Crippen LogP contribution is 2.20. The van der Waals surface area contributed by atoms with Gasteiger partial charge in [-0.05, 0) is 30.9 Å². The van der Waals surface area contributed by atoms with Gasteiger partial charge in [-0.1, -0.05) is 28.1 Å². The van der Waals surface area contributed by atoms with E-state index >= 15 is 0 Å². The Morgan fingerprint density at radius 3 is 2.94 bits per heavy atom. The van der Waals surface area contributed by atoms with E-state index in [1.165, 1.54) is 6.07 Å². The first-order valence-corrected chi connectivity index (χ1v) is 6.94. The van der Waals surface area contributed by atoms with E-state index in [2.05, 4.69) is 15.9 Å². The summed E-state index contributed by atoms with van der Waals surface area (Å²) in [6, 6.07) is 6.18. The van der Waals surface area contributed by atoms with Crippen LogP contribution in [0, 0.1) is 11.7 Å². The number of piperidine rings is 1. The van der Waals surface area contributed by atoms with E-state index in [0.29, 0.717) is 5.92 Å². The van der Waals surface area contributed by atoms with Gasteiger partial charge in [-0.3, -0.25) is 4.79 Å². The third-order valence-corrected chi connectivity index (χ3v) is 4.04. The van der Waals surface area contributed by atoms with Gasteiger partial charge < -0.3 is 4.90 Å². The summed E-state index contributed by atoms with van der Waals surface area (Å²) in [5, 5.41) is 0.897. The van der Waals surface area contributed by atoms with E-state index in [9.17, 15) is 9.18 Å². The quantitative estimate of drug-likeness (QED) is 0.769. The van der Waals surface area contributed by atoms with Crippen LogP contribution in [0.1, 0.15) is 23.2 Å². The van der Waals surface area contributed by atoms with Gasteiger partial charge in [0, 0.05) is 18.4 Å². The van der Waals surface area contributed by atoms with Crippen LogP contribution >= 0.6 is 15.9 Å². The van der Waals surface area contributed by atoms with E-state index in [0.717, 1.165) is 31.3 Å². The lowest BCUT2D eigenvalue weighted by Gasteiger charge is -2.32. The smallest absolute Gasteiger partial charge is 0.256 e. The van der Waals surface area contributed by atoms with E-state index in [-0.39, 0.29) is 11.5 Å². The van der Waals surface area contributed by atoms with Crippen LogP contribution in [0.2, 0.25) is 0 Å². The van der Waals surface area contributed by atoms with Crippen molar-refractivity contribution in [2.45, 2.75) is 12.8 Å². The standard InChI is InChI=1S/C13H15BrFNO/c14-8-10-4-3-7-16(9-10)13(17)11-5-1-2-6-12(11)15/h1-2,5-6,10H,3-4,7-9H2. The van der Waals surface area contributed by atoms with Crippen molar-refractivity contribution in [1.82, 2.24) is 4.90 Å². The minimum atomic E-state index is -0.432. The van der Waals surface area contributed by atoms with Crippen LogP contribution in [0.3, 0.4) is 0 Å². The Morgan fingerprint density at radius 1 is 1.47 bits per heavy atom. The number of nitrogens with zero attached hydrogens (tertiary/aromatic N) is 1. The summed E-state index contributed by atoms with van der Waals surface area (Å²) in [7, 11) is 0. The molecule has 92 valence electrons. The highest BCUT2D eigenvalue weighted by molar-refractivity contribution is 9.09. The fourth-order valence-electron chi connectivity index (χ4n) is 2.18. The zero-order valence-electron chi connectivity index (χ0n) is 9.53. The van der Waals surface area contributed by atoms with Gasteiger partial charge in [-0.2, -0.15) is 0 Å². The maximum Gasteiger partial charge on any atom is 0.256 e. The molecule has 0 spiro atoms. The first kappa shape index (κ1) is 12.6. The summed E-state index contributed by atoms with van der Waals surface area (Å²) in [6.07, 6.45) is 2.13. The third kappa shape index (κ3) is 2.86. The predicted molar refractivity (Wildman–Crippen MR) is 68.8 cm³/mol. The normalized spacial score (nSPS) is 20.4. The molecular weight excluding hydrogens is 285 g/mol. The van der Waals surface area contributed by atoms with Crippen molar-refractivity contribution < 1.29 is 9.18 Å². The van der Waals surface area contributed by atoms with Gasteiger partial charge in [0.2, 0.25) is 0 Å². The van der Waals surface area contributed by atoms with E-state index in [1.54, 1.807) is 23.1 Å². The van der Waals surface area contributed by atoms with Crippen LogP contribution in [0.25, 0.3) is 0 Å². The Morgan fingerprint density at radius 2 is 2.24 bits per heavy atom. The number of carbonyl (C=O) groups is 1. The van der Waals surface area contributed by atoms with E-state index in [4.69, 9.17) is 0 Å². The van der Waals surface area contributed by atoms with Gasteiger partial charge in [-0.25, -0.2) is 4.39 Å². The molecule has 0 radical (unpaired) electrons. The summed E-state index contributed by atoms with van der Waals surface area (Å²) < 4.78 is 13.5. The molecule has 1 atom stereocenters. The molecule has 0 aromatic heterocycles. The van der Waals surface area contributed by atoms with Gasteiger partial charge >= 0.3 is 0 Å². The maximum atomic E-state index is 13.5. The Kier molecular flexibility index (Phi) is 4.15. The molecule has 1 unspecified atom stereocenters. The van der Waals surface area contributed by atoms with Crippen molar-refractivity contribution in [3.63, 3.8) is 0 Å². The number of amides is 1. The van der Waals surface area contributed by atoms with Crippen LogP contribution in [0.5, 0.6) is 0 Å². The average molecular weight is 300 g/mol. The lowest BCUT2D eigenvalue weighted by molar-refractivity contribution is 0.0681. The van der Waals surface area contributed by atoms with Gasteiger partial charge in [0.25, 0.3) is 5.91 Å². The molecule has 0 bridgehead atoms. The van der Waals surface area contributed by atoms with Crippen LogP contribution in [0.4, 0.5) is 4.39 Å². The predicted octanol–water partition coefficient (Wildman–Crippen LogP) is 3.07. The number of alkyl halides is 1. The summed E-state index contributed by atoms with van der Waals surface area (Å²) in [5.41, 5.74) is 0.183. The number of hydrogen-bond donors (Lipinski definition) is 0. The van der Waals surface area contributed by atoms with Crippen molar-refractivity contribution in [3.05, 3.63) is 35.6 Å². The van der Waals surface area contributed by atoms with Crippen LogP contribution in [0.15, 0.2) is 24.3 Å². The number of likely N-dealkylation sites (tertiary alicyclic amines) is 1. The van der Waals surface area contributed by atoms with Crippen molar-refractivity contribution in [2.24, 2.45) is 5.92 Å². The second-order valence-corrected chi connectivity index (χ2v) is 5.04. The lowest BCUT2D eigenvalue weighted by atomic mass is 9.99. The molecule has 1 aliphatic heterocycles. The Hall–Kier alpha value is -0.900. The zero-order chi connectivity index (χ0) is 12.3. The number of carbonyl (C=O) groups excluding carboxylic acids is 1. The van der Waals surface area contributed by atoms with Crippen LogP contribution in [-0.4, -0.2) is 29.2 Å². The third-order valence-electron chi connectivity index (χ3n) is 3.13. The first-order chi connectivity index (χ1) is 8.22. The van der Waals surface area contributed by atoms with Gasteiger partial charge in [0.05, 0.1) is 5.56 Å². The molecule has 2 rings (SSSR count). The maximum absolute atomic E-state index is 13.5. The zero-order valence-corrected chi connectivity index (χ0v) is 11.1. The SMILES string of the molecule is O=C(c1ccccc1F)N1CCCC(CBr)C1. The first-order valence-electron chi connectivity index (χ1n) is 5.82. The van der Waals surface area contributed by atoms with Crippen molar-refractivity contribution >= 4 is 21.8 Å². The minimum absolute atomic E-state index is 0.183. The molecule has 1 aromatic rings. The second-order valence-electron chi connectivity index (χ2n) is 4.39. The van der Waals surface area contributed by atoms with E-state index in [1.807, 2.05) is 0 Å². The molecule has 4 heteroatoms. The molecule has 0 saturated carbocycles. The molecule has 0 N–H and O–H groups in total. The summed E-state index contributed by atoms with van der Waals surface area (Å²) in [6.45, 7) is 1.45. The molecule has 1 fully saturated rings. The van der Waals surface area contributed by atoms with Crippen molar-refractivity contribution in [2.75, 3.05) is 18.4 Å². The Bertz CT molecular complexity index is 410. The molecule has 0 aliphatic carbocycles. The molecule has 2 nitrogen and oxygen atoms in total. The topological polar surface area (TPSA) is 20.3 Å². The summed E-state index contributed by atoms with van der Waals surface area (Å²) >= 11 is 3.45. The fourth-order valence-corrected chi connectivity index (χ4v) is 2.71. The number of rotatable bonds is 2. The molecule has 1 amide bonds.